The lowest BCUT2D eigenvalue weighted by molar-refractivity contribution is -0.385. The van der Waals surface area contributed by atoms with E-state index in [1.165, 1.54) is 12.1 Å². The molecule has 0 aliphatic carbocycles. The van der Waals surface area contributed by atoms with E-state index in [-0.39, 0.29) is 15.9 Å². The lowest BCUT2D eigenvalue weighted by Gasteiger charge is -2.15. The molecule has 0 amide bonds. The van der Waals surface area contributed by atoms with Crippen molar-refractivity contribution >= 4 is 28.6 Å². The molecule has 0 unspecified atom stereocenters. The van der Waals surface area contributed by atoms with Crippen LogP contribution in [0, 0.1) is 10.1 Å². The van der Waals surface area contributed by atoms with Crippen LogP contribution < -0.4 is 4.74 Å². The summed E-state index contributed by atoms with van der Waals surface area (Å²) in [6, 6.07) is 3.64. The van der Waals surface area contributed by atoms with Crippen LogP contribution in [0.5, 0.6) is 5.75 Å². The molecule has 88 valence electrons. The lowest BCUT2D eigenvalue weighted by atomic mass is 9.95. The van der Waals surface area contributed by atoms with E-state index in [4.69, 9.17) is 0 Å². The number of rotatable bonds is 4. The van der Waals surface area contributed by atoms with E-state index in [0.29, 0.717) is 0 Å². The van der Waals surface area contributed by atoms with Gasteiger partial charge in [0.05, 0.1) is 11.4 Å². The molecule has 1 aromatic rings. The molecule has 0 aliphatic rings. The SMILES string of the molecule is O=[N+]([O-])c1cccc(OC[B-](F)(F)F)c1Br. The maximum Gasteiger partial charge on any atom is 0.515 e. The molecule has 0 radical (unpaired) electrons. The highest BCUT2D eigenvalue weighted by atomic mass is 79.9. The van der Waals surface area contributed by atoms with E-state index in [9.17, 15) is 23.1 Å². The molecule has 4 nitrogen and oxygen atoms in total. The van der Waals surface area contributed by atoms with Gasteiger partial charge in [0.1, 0.15) is 10.2 Å². The van der Waals surface area contributed by atoms with Crippen molar-refractivity contribution < 1.29 is 22.6 Å². The summed E-state index contributed by atoms with van der Waals surface area (Å²) in [7, 11) is 0. The van der Waals surface area contributed by atoms with Crippen molar-refractivity contribution in [1.29, 1.82) is 0 Å². The van der Waals surface area contributed by atoms with Gasteiger partial charge in [-0.3, -0.25) is 10.1 Å². The van der Waals surface area contributed by atoms with E-state index in [0.717, 1.165) is 6.07 Å². The van der Waals surface area contributed by atoms with Crippen molar-refractivity contribution in [3.05, 3.63) is 32.8 Å². The van der Waals surface area contributed by atoms with Crippen LogP contribution in [-0.2, 0) is 0 Å². The Labute approximate surface area is 96.7 Å². The monoisotopic (exact) mass is 298 g/mol. The smallest absolute Gasteiger partial charge is 0.515 e. The van der Waals surface area contributed by atoms with Crippen molar-refractivity contribution in [3.63, 3.8) is 0 Å². The van der Waals surface area contributed by atoms with Crippen LogP contribution in [-0.4, -0.2) is 18.4 Å². The minimum Gasteiger partial charge on any atom is -0.520 e. The largest absolute Gasteiger partial charge is 0.520 e. The van der Waals surface area contributed by atoms with Crippen molar-refractivity contribution in [1.82, 2.24) is 0 Å². The third kappa shape index (κ3) is 3.40. The van der Waals surface area contributed by atoms with Gasteiger partial charge in [-0.15, -0.1) is 0 Å². The summed E-state index contributed by atoms with van der Waals surface area (Å²) in [5.41, 5.74) is -0.341. The second kappa shape index (κ2) is 4.73. The van der Waals surface area contributed by atoms with E-state index in [2.05, 4.69) is 20.7 Å². The Hall–Kier alpha value is -1.25. The maximum absolute atomic E-state index is 11.9. The molecule has 0 saturated heterocycles. The Morgan fingerprint density at radius 3 is 2.56 bits per heavy atom. The third-order valence-electron chi connectivity index (χ3n) is 1.57. The van der Waals surface area contributed by atoms with E-state index >= 15 is 0 Å². The van der Waals surface area contributed by atoms with Crippen molar-refractivity contribution in [2.24, 2.45) is 0 Å². The fraction of sp³-hybridized carbons (Fsp3) is 0.143. The first kappa shape index (κ1) is 12.8. The fourth-order valence-corrected chi connectivity index (χ4v) is 1.46. The number of hydrogen-bond donors (Lipinski definition) is 0. The summed E-state index contributed by atoms with van der Waals surface area (Å²) in [6.07, 6.45) is 0. The van der Waals surface area contributed by atoms with Crippen LogP contribution >= 0.6 is 15.9 Å². The summed E-state index contributed by atoms with van der Waals surface area (Å²) in [5, 5.41) is 10.5. The zero-order valence-electron chi connectivity index (χ0n) is 7.70. The topological polar surface area (TPSA) is 52.4 Å². The Morgan fingerprint density at radius 1 is 1.44 bits per heavy atom. The third-order valence-corrected chi connectivity index (χ3v) is 2.36. The number of nitrogens with zero attached hydrogens (tertiary/aromatic N) is 1. The van der Waals surface area contributed by atoms with Crippen LogP contribution in [0.4, 0.5) is 18.6 Å². The van der Waals surface area contributed by atoms with Gasteiger partial charge >= 0.3 is 6.98 Å². The minimum absolute atomic E-state index is 0.0972. The summed E-state index contributed by atoms with van der Waals surface area (Å²) >= 11 is 2.82. The summed E-state index contributed by atoms with van der Waals surface area (Å²) in [5.74, 6) is -0.201. The van der Waals surface area contributed by atoms with Crippen LogP contribution in [0.2, 0.25) is 0 Å². The number of ether oxygens (including phenoxy) is 1. The van der Waals surface area contributed by atoms with Gasteiger partial charge in [-0.25, -0.2) is 0 Å². The zero-order chi connectivity index (χ0) is 12.3. The number of halogens is 4. The highest BCUT2D eigenvalue weighted by Gasteiger charge is 2.25. The molecule has 0 aromatic heterocycles. The van der Waals surface area contributed by atoms with Gasteiger partial charge in [-0.1, -0.05) is 6.07 Å². The second-order valence-electron chi connectivity index (χ2n) is 2.87. The van der Waals surface area contributed by atoms with Gasteiger partial charge < -0.3 is 17.7 Å². The van der Waals surface area contributed by atoms with Gasteiger partial charge in [0, 0.05) is 6.07 Å². The molecular formula is C7H5BBrF3NO3-. The average molecular weight is 299 g/mol. The van der Waals surface area contributed by atoms with Gasteiger partial charge in [0.25, 0.3) is 5.69 Å². The Kier molecular flexibility index (Phi) is 3.79. The standard InChI is InChI=1S/C7H5BBrF3NO3/c9-7-5(13(14)15)2-1-3-6(7)16-4-8(10,11)12/h1-3H,4H2/q-1. The van der Waals surface area contributed by atoms with Gasteiger partial charge in [0.15, 0.2) is 0 Å². The van der Waals surface area contributed by atoms with Crippen LogP contribution in [0.15, 0.2) is 22.7 Å². The van der Waals surface area contributed by atoms with Crippen LogP contribution in [0.25, 0.3) is 0 Å². The van der Waals surface area contributed by atoms with Gasteiger partial charge in [-0.2, -0.15) is 0 Å². The Bertz CT molecular complexity index is 412. The lowest BCUT2D eigenvalue weighted by Crippen LogP contribution is -2.26. The maximum atomic E-state index is 11.9. The first-order valence-corrected chi connectivity index (χ1v) is 4.87. The molecule has 0 saturated carbocycles. The number of nitro groups is 1. The first-order valence-electron chi connectivity index (χ1n) is 4.08. The molecule has 0 heterocycles. The molecule has 9 heteroatoms. The van der Waals surface area contributed by atoms with Crippen LogP contribution in [0.1, 0.15) is 0 Å². The van der Waals surface area contributed by atoms with E-state index in [1.54, 1.807) is 0 Å². The fourth-order valence-electron chi connectivity index (χ4n) is 0.936. The average Bonchev–Trinajstić information content (AvgIpc) is 2.14. The molecule has 0 spiro atoms. The molecule has 0 atom stereocenters. The van der Waals surface area contributed by atoms with Crippen molar-refractivity contribution in [3.8, 4) is 5.75 Å². The Morgan fingerprint density at radius 2 is 2.06 bits per heavy atom. The molecule has 16 heavy (non-hydrogen) atoms. The quantitative estimate of drug-likeness (QED) is 0.487. The summed E-state index contributed by atoms with van der Waals surface area (Å²) in [4.78, 5) is 9.76. The minimum atomic E-state index is -5.08. The van der Waals surface area contributed by atoms with Crippen LogP contribution in [0.3, 0.4) is 0 Å². The molecule has 0 aliphatic heterocycles. The highest BCUT2D eigenvalue weighted by Crippen LogP contribution is 2.34. The normalized spacial score (nSPS) is 11.2. The second-order valence-corrected chi connectivity index (χ2v) is 3.66. The predicted molar refractivity (Wildman–Crippen MR) is 55.4 cm³/mol. The molecule has 1 aromatic carbocycles. The Balaban J connectivity index is 2.90. The van der Waals surface area contributed by atoms with Crippen molar-refractivity contribution in [2.45, 2.75) is 0 Å². The van der Waals surface area contributed by atoms with Crippen molar-refractivity contribution in [2.75, 3.05) is 6.51 Å². The molecule has 0 N–H and O–H groups in total. The first-order chi connectivity index (χ1) is 7.31. The molecule has 1 rings (SSSR count). The van der Waals surface area contributed by atoms with E-state index in [1.807, 2.05) is 0 Å². The number of benzene rings is 1. The predicted octanol–water partition coefficient (Wildman–Crippen LogP) is 3.12. The van der Waals surface area contributed by atoms with Gasteiger partial charge in [-0.05, 0) is 22.0 Å². The summed E-state index contributed by atoms with van der Waals surface area (Å²) < 4.78 is 40.1. The highest BCUT2D eigenvalue weighted by molar-refractivity contribution is 9.10. The van der Waals surface area contributed by atoms with Gasteiger partial charge in [0.2, 0.25) is 0 Å². The molecule has 0 bridgehead atoms. The zero-order valence-corrected chi connectivity index (χ0v) is 9.29. The molecule has 0 fully saturated rings. The summed E-state index contributed by atoms with van der Waals surface area (Å²) in [6.45, 7) is -6.52. The molecular weight excluding hydrogens is 294 g/mol. The number of hydrogen-bond acceptors (Lipinski definition) is 3. The van der Waals surface area contributed by atoms with E-state index < -0.39 is 18.4 Å². The number of nitro benzene ring substituents is 1.